The van der Waals surface area contributed by atoms with Crippen LogP contribution in [-0.4, -0.2) is 136 Å². The van der Waals surface area contributed by atoms with E-state index in [-0.39, 0.29) is 56.5 Å². The molecule has 8 atom stereocenters. The Bertz CT molecular complexity index is 1570. The molecule has 0 aromatic carbocycles. The molecule has 1 aliphatic carbocycles. The lowest BCUT2D eigenvalue weighted by Crippen LogP contribution is -2.48. The third kappa shape index (κ3) is 8.87. The Morgan fingerprint density at radius 3 is 0.770 bits per heavy atom. The number of ether oxygens (including phenoxy) is 4. The first-order valence-corrected chi connectivity index (χ1v) is 22.2. The van der Waals surface area contributed by atoms with Crippen LogP contribution in [0.5, 0.6) is 0 Å². The van der Waals surface area contributed by atoms with Crippen LogP contribution in [0.2, 0.25) is 0 Å². The molecule has 16 heteroatoms. The Kier molecular flexibility index (Phi) is 13.2. The third-order valence-electron chi connectivity index (χ3n) is 16.1. The summed E-state index contributed by atoms with van der Waals surface area (Å²) in [7, 11) is 0. The second-order valence-corrected chi connectivity index (χ2v) is 23.7. The van der Waals surface area contributed by atoms with E-state index in [4.69, 9.17) is 18.9 Å². The molecule has 4 saturated heterocycles. The second kappa shape index (κ2) is 16.2. The molecule has 16 nitrogen and oxygen atoms in total. The summed E-state index contributed by atoms with van der Waals surface area (Å²) in [6, 6.07) is 0. The molecule has 0 bridgehead atoms. The predicted molar refractivity (Wildman–Crippen MR) is 222 cm³/mol. The lowest BCUT2D eigenvalue weighted by Gasteiger charge is -2.36. The molecular weight excluding hydrogens is 789 g/mol. The summed E-state index contributed by atoms with van der Waals surface area (Å²) in [5.74, 6) is -10.1. The van der Waals surface area contributed by atoms with Gasteiger partial charge in [-0.3, -0.25) is 19.2 Å². The smallest absolute Gasteiger partial charge is 0.310 e. The number of hydrogen-bond donors (Lipinski definition) is 4. The van der Waals surface area contributed by atoms with Crippen molar-refractivity contribution in [3.8, 4) is 0 Å². The topological polar surface area (TPSA) is 199 Å². The van der Waals surface area contributed by atoms with Crippen molar-refractivity contribution in [1.29, 1.82) is 0 Å². The van der Waals surface area contributed by atoms with Gasteiger partial charge in [-0.05, 0) is 143 Å². The second-order valence-electron chi connectivity index (χ2n) is 23.7. The third-order valence-corrected chi connectivity index (χ3v) is 16.1. The molecule has 5 rings (SSSR count). The van der Waals surface area contributed by atoms with Gasteiger partial charge in [-0.1, -0.05) is 0 Å². The summed E-state index contributed by atoms with van der Waals surface area (Å²) >= 11 is 0. The van der Waals surface area contributed by atoms with Crippen LogP contribution in [0.15, 0.2) is 0 Å². The highest BCUT2D eigenvalue weighted by Gasteiger charge is 2.61. The van der Waals surface area contributed by atoms with Gasteiger partial charge in [-0.25, -0.2) is 0 Å². The maximum Gasteiger partial charge on any atom is 0.310 e. The average Bonchev–Trinajstić information content (AvgIpc) is 3.77. The van der Waals surface area contributed by atoms with Gasteiger partial charge in [0.25, 0.3) is 0 Å². The standard InChI is InChI=1S/C45H78N4O12/c1-38(2)18-26(42(9,10)46(38)54)22-58-34(50)30-17-31(35(51)59-23-27-19-39(3,4)47(55)43(27,11)12)33(37(53)61-25-29-21-41(7,8)49(57)45(29,15)16)32(30)36(52)60-24-28-20-40(5,6)48(56)44(28,13)14/h26-33,54-57H,17-25H2,1-16H3. The molecule has 4 aliphatic heterocycles. The fourth-order valence-electron chi connectivity index (χ4n) is 11.9. The number of hydroxylamine groups is 8. The average molecular weight is 867 g/mol. The van der Waals surface area contributed by atoms with E-state index in [1.807, 2.05) is 111 Å². The lowest BCUT2D eigenvalue weighted by atomic mass is 9.85. The molecule has 4 heterocycles. The van der Waals surface area contributed by atoms with Crippen LogP contribution in [0.25, 0.3) is 0 Å². The maximum absolute atomic E-state index is 14.6. The number of hydrogen-bond acceptors (Lipinski definition) is 16. The predicted octanol–water partition coefficient (Wildman–Crippen LogP) is 6.10. The van der Waals surface area contributed by atoms with Crippen LogP contribution >= 0.6 is 0 Å². The molecule has 5 fully saturated rings. The molecular formula is C45H78N4O12. The lowest BCUT2D eigenvalue weighted by molar-refractivity contribution is -0.200. The Morgan fingerprint density at radius 2 is 0.590 bits per heavy atom. The molecule has 0 amide bonds. The quantitative estimate of drug-likeness (QED) is 0.130. The maximum atomic E-state index is 14.6. The van der Waals surface area contributed by atoms with E-state index in [2.05, 4.69) is 0 Å². The molecule has 350 valence electrons. The van der Waals surface area contributed by atoms with Crippen molar-refractivity contribution in [3.63, 3.8) is 0 Å². The van der Waals surface area contributed by atoms with Crippen LogP contribution in [0.1, 0.15) is 143 Å². The minimum atomic E-state index is -1.49. The van der Waals surface area contributed by atoms with Crippen molar-refractivity contribution in [3.05, 3.63) is 0 Å². The van der Waals surface area contributed by atoms with Gasteiger partial charge < -0.3 is 39.8 Å². The fraction of sp³-hybridized carbons (Fsp3) is 0.911. The van der Waals surface area contributed by atoms with Gasteiger partial charge in [-0.2, -0.15) is 20.3 Å². The van der Waals surface area contributed by atoms with Gasteiger partial charge in [-0.15, -0.1) is 0 Å². The van der Waals surface area contributed by atoms with Gasteiger partial charge in [0.15, 0.2) is 0 Å². The number of carbonyl (C=O) groups is 4. The van der Waals surface area contributed by atoms with Gasteiger partial charge in [0, 0.05) is 68.0 Å². The molecule has 8 unspecified atom stereocenters. The molecule has 61 heavy (non-hydrogen) atoms. The molecule has 0 aromatic heterocycles. The first-order valence-electron chi connectivity index (χ1n) is 22.2. The summed E-state index contributed by atoms with van der Waals surface area (Å²) in [6.07, 6.45) is 1.75. The van der Waals surface area contributed by atoms with E-state index in [1.165, 1.54) is 20.3 Å². The fourth-order valence-corrected chi connectivity index (χ4v) is 11.9. The van der Waals surface area contributed by atoms with Crippen molar-refractivity contribution in [2.24, 2.45) is 47.3 Å². The van der Waals surface area contributed by atoms with Gasteiger partial charge >= 0.3 is 23.9 Å². The van der Waals surface area contributed by atoms with Crippen molar-refractivity contribution >= 4 is 23.9 Å². The SMILES string of the molecule is CC1(C)CC(COC(=O)C2CC(C(=O)OCC3CC(C)(C)N(O)C3(C)C)C(C(=O)OCC3CC(C)(C)N(O)C3(C)C)C2C(=O)OCC2CC(C)(C)N(O)C2(C)C)C(C)(C)N1O. The van der Waals surface area contributed by atoms with Crippen molar-refractivity contribution in [2.45, 2.75) is 187 Å². The molecule has 4 N–H and O–H groups in total. The summed E-state index contributed by atoms with van der Waals surface area (Å²) in [5, 5.41) is 49.0. The van der Waals surface area contributed by atoms with E-state index >= 15 is 0 Å². The van der Waals surface area contributed by atoms with E-state index < -0.39 is 91.9 Å². The van der Waals surface area contributed by atoms with E-state index in [1.54, 1.807) is 0 Å². The first kappa shape index (κ1) is 49.6. The summed E-state index contributed by atoms with van der Waals surface area (Å²) in [6.45, 7) is 29.6. The minimum absolute atomic E-state index is 0.0824. The highest BCUT2D eigenvalue weighted by atomic mass is 16.6. The molecule has 0 radical (unpaired) electrons. The Hall–Kier alpha value is -2.44. The molecule has 0 aromatic rings. The van der Waals surface area contributed by atoms with Crippen LogP contribution in [0.3, 0.4) is 0 Å². The normalized spacial score (nSPS) is 35.9. The summed E-state index contributed by atoms with van der Waals surface area (Å²) in [4.78, 5) is 58.0. The van der Waals surface area contributed by atoms with Crippen molar-refractivity contribution in [2.75, 3.05) is 26.4 Å². The first-order chi connectivity index (χ1) is 27.5. The number of nitrogens with zero attached hydrogens (tertiary/aromatic N) is 4. The number of carbonyl (C=O) groups excluding carboxylic acids is 4. The van der Waals surface area contributed by atoms with Crippen LogP contribution in [-0.2, 0) is 38.1 Å². The summed E-state index contributed by atoms with van der Waals surface area (Å²) in [5.41, 5.74) is -5.48. The molecule has 0 spiro atoms. The van der Waals surface area contributed by atoms with Gasteiger partial charge in [0.2, 0.25) is 0 Å². The Morgan fingerprint density at radius 1 is 0.393 bits per heavy atom. The monoisotopic (exact) mass is 867 g/mol. The Balaban J connectivity index is 1.47. The Labute approximate surface area is 363 Å². The zero-order chi connectivity index (χ0) is 46.4. The van der Waals surface area contributed by atoms with Gasteiger partial charge in [0.05, 0.1) is 50.1 Å². The largest absolute Gasteiger partial charge is 0.465 e. The zero-order valence-electron chi connectivity index (χ0n) is 39.8. The highest BCUT2D eigenvalue weighted by molar-refractivity contribution is 5.93. The highest BCUT2D eigenvalue weighted by Crippen LogP contribution is 2.50. The van der Waals surface area contributed by atoms with E-state index in [0.717, 1.165) is 0 Å². The van der Waals surface area contributed by atoms with Crippen LogP contribution in [0.4, 0.5) is 0 Å². The van der Waals surface area contributed by atoms with Crippen molar-refractivity contribution in [1.82, 2.24) is 20.3 Å². The summed E-state index contributed by atoms with van der Waals surface area (Å²) < 4.78 is 24.0. The number of esters is 4. The molecule has 1 saturated carbocycles. The van der Waals surface area contributed by atoms with Crippen LogP contribution < -0.4 is 0 Å². The molecule has 5 aliphatic rings. The van der Waals surface area contributed by atoms with Crippen LogP contribution in [0, 0.1) is 47.3 Å². The zero-order valence-corrected chi connectivity index (χ0v) is 39.8. The van der Waals surface area contributed by atoms with E-state index in [9.17, 15) is 40.0 Å². The van der Waals surface area contributed by atoms with Crippen molar-refractivity contribution < 1.29 is 59.0 Å². The number of rotatable bonds is 12. The van der Waals surface area contributed by atoms with E-state index in [0.29, 0.717) is 25.7 Å². The van der Waals surface area contributed by atoms with Gasteiger partial charge in [0.1, 0.15) is 0 Å². The minimum Gasteiger partial charge on any atom is -0.465 e.